The molecule has 0 aromatic rings. The minimum Gasteiger partial charge on any atom is -0.281 e. The molecule has 0 saturated heterocycles. The van der Waals surface area contributed by atoms with Crippen LogP contribution in [0.4, 0.5) is 0 Å². The standard InChI is InChI=1S/C8H6Cl4O4S/c9-5(13)1-3(7(11)15)17-4(8(12)16)2-6(10)14/h3-4H,1-2H2. The van der Waals surface area contributed by atoms with Crippen molar-refractivity contribution < 1.29 is 19.2 Å². The minimum atomic E-state index is -1.04. The van der Waals surface area contributed by atoms with Crippen LogP contribution in [0, 0.1) is 0 Å². The second-order valence-corrected chi connectivity index (χ2v) is 5.84. The molecule has 2 atom stereocenters. The average molecular weight is 340 g/mol. The zero-order chi connectivity index (χ0) is 13.6. The fraction of sp³-hybridized carbons (Fsp3) is 0.500. The summed E-state index contributed by atoms with van der Waals surface area (Å²) in [4.78, 5) is 43.3. The third-order valence-corrected chi connectivity index (χ3v) is 4.04. The zero-order valence-corrected chi connectivity index (χ0v) is 12.0. The van der Waals surface area contributed by atoms with Gasteiger partial charge in [0.25, 0.3) is 0 Å². The lowest BCUT2D eigenvalue weighted by atomic mass is 10.3. The molecule has 2 unspecified atom stereocenters. The molecule has 17 heavy (non-hydrogen) atoms. The molecule has 0 amide bonds. The van der Waals surface area contributed by atoms with Crippen LogP contribution in [0.2, 0.25) is 0 Å². The molecule has 0 bridgehead atoms. The Kier molecular flexibility index (Phi) is 8.41. The van der Waals surface area contributed by atoms with Crippen LogP contribution < -0.4 is 0 Å². The van der Waals surface area contributed by atoms with E-state index in [1.54, 1.807) is 0 Å². The van der Waals surface area contributed by atoms with Gasteiger partial charge in [0, 0.05) is 12.8 Å². The Labute approximate surface area is 121 Å². The number of rotatable bonds is 8. The molecule has 9 heteroatoms. The van der Waals surface area contributed by atoms with E-state index in [0.29, 0.717) is 11.8 Å². The van der Waals surface area contributed by atoms with Crippen LogP contribution in [0.5, 0.6) is 0 Å². The predicted octanol–water partition coefficient (Wildman–Crippen LogP) is 2.30. The lowest BCUT2D eigenvalue weighted by Gasteiger charge is -2.15. The van der Waals surface area contributed by atoms with E-state index in [-0.39, 0.29) is 12.8 Å². The molecule has 0 N–H and O–H groups in total. The van der Waals surface area contributed by atoms with E-state index in [1.807, 2.05) is 0 Å². The van der Waals surface area contributed by atoms with Gasteiger partial charge in [-0.1, -0.05) is 0 Å². The van der Waals surface area contributed by atoms with E-state index >= 15 is 0 Å². The van der Waals surface area contributed by atoms with Gasteiger partial charge < -0.3 is 0 Å². The maximum Gasteiger partial charge on any atom is 0.235 e. The Morgan fingerprint density at radius 1 is 0.765 bits per heavy atom. The van der Waals surface area contributed by atoms with Crippen LogP contribution in [0.15, 0.2) is 0 Å². The van der Waals surface area contributed by atoms with Gasteiger partial charge in [-0.25, -0.2) is 0 Å². The first-order valence-corrected chi connectivity index (χ1v) is 6.60. The molecular weight excluding hydrogens is 334 g/mol. The molecule has 0 fully saturated rings. The molecule has 0 aromatic carbocycles. The predicted molar refractivity (Wildman–Crippen MR) is 67.8 cm³/mol. The Bertz CT molecular complexity index is 314. The highest BCUT2D eigenvalue weighted by atomic mass is 35.5. The molecule has 0 aliphatic carbocycles. The largest absolute Gasteiger partial charge is 0.281 e. The number of thioether (sulfide) groups is 1. The van der Waals surface area contributed by atoms with Crippen molar-refractivity contribution in [2.45, 2.75) is 23.3 Å². The first kappa shape index (κ1) is 17.2. The number of carbonyl (C=O) groups is 4. The van der Waals surface area contributed by atoms with Gasteiger partial charge in [0.05, 0.1) is 10.5 Å². The smallest absolute Gasteiger partial charge is 0.235 e. The topological polar surface area (TPSA) is 68.3 Å². The van der Waals surface area contributed by atoms with Crippen LogP contribution in [0.1, 0.15) is 12.8 Å². The number of hydrogen-bond donors (Lipinski definition) is 0. The number of hydrogen-bond acceptors (Lipinski definition) is 5. The highest BCUT2D eigenvalue weighted by Crippen LogP contribution is 2.28. The molecule has 0 aromatic heterocycles. The summed E-state index contributed by atoms with van der Waals surface area (Å²) in [5.41, 5.74) is 0. The lowest BCUT2D eigenvalue weighted by Crippen LogP contribution is -2.23. The molecule has 0 aliphatic rings. The molecular formula is C8H6Cl4O4S. The van der Waals surface area contributed by atoms with Crippen LogP contribution in [0.3, 0.4) is 0 Å². The summed E-state index contributed by atoms with van der Waals surface area (Å²) in [5, 5.41) is -5.34. The van der Waals surface area contributed by atoms with Crippen molar-refractivity contribution in [1.29, 1.82) is 0 Å². The Balaban J connectivity index is 4.67. The SMILES string of the molecule is O=C(Cl)CC(SC(CC(=O)Cl)C(=O)Cl)C(=O)Cl. The second-order valence-electron chi connectivity index (χ2n) is 2.84. The first-order valence-electron chi connectivity index (χ1n) is 4.14. The monoisotopic (exact) mass is 338 g/mol. The van der Waals surface area contributed by atoms with E-state index in [1.165, 1.54) is 0 Å². The third kappa shape index (κ3) is 8.00. The molecule has 0 aliphatic heterocycles. The molecule has 96 valence electrons. The van der Waals surface area contributed by atoms with Crippen LogP contribution in [-0.4, -0.2) is 31.5 Å². The first-order chi connectivity index (χ1) is 7.73. The van der Waals surface area contributed by atoms with Crippen LogP contribution in [-0.2, 0) is 19.2 Å². The summed E-state index contributed by atoms with van der Waals surface area (Å²) in [6.07, 6.45) is -0.711. The molecule has 0 spiro atoms. The summed E-state index contributed by atoms with van der Waals surface area (Å²) < 4.78 is 0. The van der Waals surface area contributed by atoms with Gasteiger partial charge in [0.15, 0.2) is 0 Å². The summed E-state index contributed by atoms with van der Waals surface area (Å²) in [6, 6.07) is 0. The third-order valence-electron chi connectivity index (χ3n) is 1.53. The van der Waals surface area contributed by atoms with Crippen molar-refractivity contribution >= 4 is 79.1 Å². The summed E-state index contributed by atoms with van der Waals surface area (Å²) in [5.74, 6) is 0. The zero-order valence-electron chi connectivity index (χ0n) is 8.12. The van der Waals surface area contributed by atoms with Gasteiger partial charge in [0.2, 0.25) is 21.0 Å². The maximum absolute atomic E-state index is 11.0. The second kappa shape index (κ2) is 8.32. The van der Waals surface area contributed by atoms with Crippen LogP contribution >= 0.6 is 58.2 Å². The number of halogens is 4. The van der Waals surface area contributed by atoms with Crippen molar-refractivity contribution in [2.24, 2.45) is 0 Å². The fourth-order valence-corrected chi connectivity index (χ4v) is 2.91. The van der Waals surface area contributed by atoms with Crippen molar-refractivity contribution in [3.63, 3.8) is 0 Å². The molecule has 0 radical (unpaired) electrons. The molecule has 4 nitrogen and oxygen atoms in total. The van der Waals surface area contributed by atoms with Gasteiger partial charge in [-0.05, 0) is 46.4 Å². The van der Waals surface area contributed by atoms with Crippen molar-refractivity contribution in [3.8, 4) is 0 Å². The van der Waals surface area contributed by atoms with Crippen molar-refractivity contribution in [3.05, 3.63) is 0 Å². The summed E-state index contributed by atoms with van der Waals surface area (Å²) in [6.45, 7) is 0. The highest BCUT2D eigenvalue weighted by Gasteiger charge is 2.29. The molecule has 0 rings (SSSR count). The highest BCUT2D eigenvalue weighted by molar-refractivity contribution is 8.02. The molecule has 0 saturated carbocycles. The maximum atomic E-state index is 11.0. The van der Waals surface area contributed by atoms with E-state index in [2.05, 4.69) is 0 Å². The quantitative estimate of drug-likeness (QED) is 0.635. The average Bonchev–Trinajstić information content (AvgIpc) is 2.13. The van der Waals surface area contributed by atoms with Gasteiger partial charge in [-0.15, -0.1) is 11.8 Å². The van der Waals surface area contributed by atoms with Gasteiger partial charge >= 0.3 is 0 Å². The van der Waals surface area contributed by atoms with Gasteiger partial charge in [-0.2, -0.15) is 0 Å². The van der Waals surface area contributed by atoms with Gasteiger partial charge in [-0.3, -0.25) is 19.2 Å². The van der Waals surface area contributed by atoms with Crippen molar-refractivity contribution in [2.75, 3.05) is 0 Å². The van der Waals surface area contributed by atoms with E-state index in [0.717, 1.165) is 0 Å². The van der Waals surface area contributed by atoms with Gasteiger partial charge in [0.1, 0.15) is 0 Å². The van der Waals surface area contributed by atoms with E-state index in [9.17, 15) is 19.2 Å². The Morgan fingerprint density at radius 3 is 1.24 bits per heavy atom. The van der Waals surface area contributed by atoms with Crippen molar-refractivity contribution in [1.82, 2.24) is 0 Å². The minimum absolute atomic E-state index is 0.355. The molecule has 0 heterocycles. The number of carbonyl (C=O) groups excluding carboxylic acids is 4. The summed E-state index contributed by atoms with van der Waals surface area (Å²) in [7, 11) is 0. The van der Waals surface area contributed by atoms with Crippen LogP contribution in [0.25, 0.3) is 0 Å². The Hall–Kier alpha value is 0.190. The fourth-order valence-electron chi connectivity index (χ4n) is 0.854. The normalized spacial score (nSPS) is 13.9. The van der Waals surface area contributed by atoms with E-state index in [4.69, 9.17) is 46.4 Å². The lowest BCUT2D eigenvalue weighted by molar-refractivity contribution is -0.116. The summed E-state index contributed by atoms with van der Waals surface area (Å²) >= 11 is 21.4. The Morgan fingerprint density at radius 2 is 1.06 bits per heavy atom. The van der Waals surface area contributed by atoms with E-state index < -0.39 is 31.5 Å².